The molecule has 0 aliphatic carbocycles. The molecule has 2 amide bonds. The molecular formula is C18H27N3O5S. The third kappa shape index (κ3) is 5.06. The van der Waals surface area contributed by atoms with Crippen molar-refractivity contribution in [2.24, 2.45) is 0 Å². The Bertz CT molecular complexity index is 801. The van der Waals surface area contributed by atoms with Crippen LogP contribution >= 0.6 is 0 Å². The maximum Gasteiger partial charge on any atom is 0.246 e. The zero-order valence-corrected chi connectivity index (χ0v) is 17.1. The normalized spacial score (nSPS) is 15.6. The molecule has 0 atom stereocenters. The molecule has 1 aromatic rings. The van der Waals surface area contributed by atoms with Gasteiger partial charge in [-0.3, -0.25) is 14.4 Å². The topological polar surface area (TPSA) is 87.2 Å². The molecule has 0 bridgehead atoms. The van der Waals surface area contributed by atoms with Crippen molar-refractivity contribution >= 4 is 21.8 Å². The van der Waals surface area contributed by atoms with Gasteiger partial charge in [-0.15, -0.1) is 0 Å². The maximum atomic E-state index is 12.9. The number of sulfonamides is 1. The summed E-state index contributed by atoms with van der Waals surface area (Å²) >= 11 is 0. The fourth-order valence-electron chi connectivity index (χ4n) is 2.93. The summed E-state index contributed by atoms with van der Waals surface area (Å²) in [6.45, 7) is 4.76. The van der Waals surface area contributed by atoms with Crippen molar-refractivity contribution in [3.63, 3.8) is 0 Å². The van der Waals surface area contributed by atoms with Gasteiger partial charge in [-0.25, -0.2) is 13.5 Å². The summed E-state index contributed by atoms with van der Waals surface area (Å²) in [4.78, 5) is 30.7. The van der Waals surface area contributed by atoms with Gasteiger partial charge in [-0.1, -0.05) is 12.1 Å². The lowest BCUT2D eigenvalue weighted by Gasteiger charge is -2.34. The number of hydrogen-bond acceptors (Lipinski definition) is 5. The molecule has 9 heteroatoms. The first-order chi connectivity index (χ1) is 12.7. The molecule has 1 heterocycles. The summed E-state index contributed by atoms with van der Waals surface area (Å²) in [5, 5.41) is 1.09. The number of nitrogens with zero attached hydrogens (tertiary/aromatic N) is 3. The summed E-state index contributed by atoms with van der Waals surface area (Å²) in [5.41, 5.74) is 1.60. The Morgan fingerprint density at radius 3 is 2.33 bits per heavy atom. The van der Waals surface area contributed by atoms with Crippen LogP contribution in [0.5, 0.6) is 0 Å². The second kappa shape index (κ2) is 8.81. The summed E-state index contributed by atoms with van der Waals surface area (Å²) in [6, 6.07) is 5.36. The van der Waals surface area contributed by atoms with Gasteiger partial charge in [0.1, 0.15) is 0 Å². The van der Waals surface area contributed by atoms with Crippen molar-refractivity contribution < 1.29 is 22.8 Å². The number of aryl methyl sites for hydroxylation is 2. The van der Waals surface area contributed by atoms with E-state index in [1.54, 1.807) is 24.0 Å². The van der Waals surface area contributed by atoms with Gasteiger partial charge in [0.15, 0.2) is 0 Å². The van der Waals surface area contributed by atoms with Crippen molar-refractivity contribution in [3.8, 4) is 0 Å². The van der Waals surface area contributed by atoms with Crippen LogP contribution in [0.1, 0.15) is 24.0 Å². The van der Waals surface area contributed by atoms with E-state index >= 15 is 0 Å². The highest BCUT2D eigenvalue weighted by Gasteiger charge is 2.31. The largest absolute Gasteiger partial charge is 0.340 e. The molecular weight excluding hydrogens is 370 g/mol. The van der Waals surface area contributed by atoms with Crippen LogP contribution in [-0.4, -0.2) is 74.8 Å². The van der Waals surface area contributed by atoms with E-state index in [1.807, 2.05) is 13.0 Å². The molecule has 2 rings (SSSR count). The molecule has 1 aromatic carbocycles. The number of hydrogen-bond donors (Lipinski definition) is 0. The van der Waals surface area contributed by atoms with E-state index in [1.165, 1.54) is 18.5 Å². The average Bonchev–Trinajstić information content (AvgIpc) is 2.66. The predicted octanol–water partition coefficient (Wildman–Crippen LogP) is 0.936. The highest BCUT2D eigenvalue weighted by atomic mass is 32.2. The molecule has 0 spiro atoms. The lowest BCUT2D eigenvalue weighted by molar-refractivity contribution is -0.169. The van der Waals surface area contributed by atoms with Crippen molar-refractivity contribution in [1.29, 1.82) is 0 Å². The van der Waals surface area contributed by atoms with Crippen molar-refractivity contribution in [3.05, 3.63) is 29.3 Å². The van der Waals surface area contributed by atoms with E-state index in [2.05, 4.69) is 0 Å². The molecule has 1 aliphatic rings. The van der Waals surface area contributed by atoms with E-state index in [9.17, 15) is 18.0 Å². The van der Waals surface area contributed by atoms with Gasteiger partial charge in [-0.2, -0.15) is 4.31 Å². The number of hydroxylamine groups is 2. The molecule has 0 aromatic heterocycles. The molecule has 0 unspecified atom stereocenters. The van der Waals surface area contributed by atoms with Crippen LogP contribution in [0.2, 0.25) is 0 Å². The minimum absolute atomic E-state index is 0.0597. The number of rotatable bonds is 6. The number of carbonyl (C=O) groups excluding carboxylic acids is 2. The quantitative estimate of drug-likeness (QED) is 0.667. The van der Waals surface area contributed by atoms with Crippen LogP contribution in [0.25, 0.3) is 0 Å². The molecule has 1 saturated heterocycles. The van der Waals surface area contributed by atoms with Gasteiger partial charge in [0.05, 0.1) is 12.0 Å². The molecule has 0 radical (unpaired) electrons. The first-order valence-electron chi connectivity index (χ1n) is 8.82. The average molecular weight is 397 g/mol. The van der Waals surface area contributed by atoms with Crippen molar-refractivity contribution in [1.82, 2.24) is 14.3 Å². The molecule has 8 nitrogen and oxygen atoms in total. The van der Waals surface area contributed by atoms with Crippen LogP contribution in [0.4, 0.5) is 0 Å². The number of amides is 2. The van der Waals surface area contributed by atoms with E-state index in [4.69, 9.17) is 4.84 Å². The zero-order valence-electron chi connectivity index (χ0n) is 16.3. The Hall–Kier alpha value is -1.97. The molecule has 27 heavy (non-hydrogen) atoms. The van der Waals surface area contributed by atoms with Crippen molar-refractivity contribution in [2.45, 2.75) is 31.6 Å². The van der Waals surface area contributed by atoms with E-state index in [-0.39, 0.29) is 37.7 Å². The van der Waals surface area contributed by atoms with E-state index in [0.29, 0.717) is 23.5 Å². The second-order valence-electron chi connectivity index (χ2n) is 6.63. The Morgan fingerprint density at radius 2 is 1.74 bits per heavy atom. The molecule has 1 fully saturated rings. The van der Waals surface area contributed by atoms with Crippen molar-refractivity contribution in [2.75, 3.05) is 40.3 Å². The van der Waals surface area contributed by atoms with Gasteiger partial charge >= 0.3 is 0 Å². The summed E-state index contributed by atoms with van der Waals surface area (Å²) < 4.78 is 27.3. The summed E-state index contributed by atoms with van der Waals surface area (Å²) in [5.74, 6) is -0.432. The third-order valence-corrected chi connectivity index (χ3v) is 6.77. The van der Waals surface area contributed by atoms with Gasteiger partial charge in [0.2, 0.25) is 21.8 Å². The summed E-state index contributed by atoms with van der Waals surface area (Å²) in [6.07, 6.45) is 0.139. The van der Waals surface area contributed by atoms with Gasteiger partial charge in [-0.05, 0) is 31.0 Å². The maximum absolute atomic E-state index is 12.9. The predicted molar refractivity (Wildman–Crippen MR) is 100 cm³/mol. The van der Waals surface area contributed by atoms with Crippen LogP contribution in [0, 0.1) is 13.8 Å². The molecule has 0 saturated carbocycles. The van der Waals surface area contributed by atoms with Gasteiger partial charge in [0.25, 0.3) is 0 Å². The van der Waals surface area contributed by atoms with Crippen LogP contribution in [0.15, 0.2) is 23.1 Å². The molecule has 1 aliphatic heterocycles. The Balaban J connectivity index is 1.95. The van der Waals surface area contributed by atoms with Gasteiger partial charge in [0, 0.05) is 46.1 Å². The highest BCUT2D eigenvalue weighted by Crippen LogP contribution is 2.22. The summed E-state index contributed by atoms with van der Waals surface area (Å²) in [7, 11) is -0.713. The smallest absolute Gasteiger partial charge is 0.246 e. The Labute approximate surface area is 160 Å². The number of carbonyl (C=O) groups is 2. The van der Waals surface area contributed by atoms with Crippen LogP contribution in [0.3, 0.4) is 0 Å². The fourth-order valence-corrected chi connectivity index (χ4v) is 4.67. The first-order valence-corrected chi connectivity index (χ1v) is 10.3. The molecule has 150 valence electrons. The minimum atomic E-state index is -3.59. The Morgan fingerprint density at radius 1 is 1.11 bits per heavy atom. The SMILES string of the molecule is CON(C)C(=O)CCC(=O)N1CCN(S(=O)(=O)c2cc(C)ccc2C)CC1. The lowest BCUT2D eigenvalue weighted by atomic mass is 10.2. The molecule has 0 N–H and O–H groups in total. The second-order valence-corrected chi connectivity index (χ2v) is 8.53. The third-order valence-electron chi connectivity index (χ3n) is 4.73. The van der Waals surface area contributed by atoms with E-state index < -0.39 is 10.0 Å². The van der Waals surface area contributed by atoms with Crippen LogP contribution in [-0.2, 0) is 24.4 Å². The Kier molecular flexibility index (Phi) is 6.96. The lowest BCUT2D eigenvalue weighted by Crippen LogP contribution is -2.50. The first kappa shape index (κ1) is 21.3. The van der Waals surface area contributed by atoms with E-state index in [0.717, 1.165) is 10.6 Å². The monoisotopic (exact) mass is 397 g/mol. The standard InChI is InChI=1S/C18H27N3O5S/c1-14-5-6-15(2)16(13-14)27(24,25)21-11-9-20(10-12-21)18(23)8-7-17(22)19(3)26-4/h5-6,13H,7-12H2,1-4H3. The van der Waals surface area contributed by atoms with Crippen LogP contribution < -0.4 is 0 Å². The minimum Gasteiger partial charge on any atom is -0.340 e. The number of benzene rings is 1. The highest BCUT2D eigenvalue weighted by molar-refractivity contribution is 7.89. The zero-order chi connectivity index (χ0) is 20.2. The fraction of sp³-hybridized carbons (Fsp3) is 0.556. The number of piperazine rings is 1. The van der Waals surface area contributed by atoms with Gasteiger partial charge < -0.3 is 4.90 Å².